The number of aliphatic hydroxyl groups is 2. The van der Waals surface area contributed by atoms with E-state index in [-0.39, 0.29) is 12.4 Å². The zero-order valence-electron chi connectivity index (χ0n) is 11.9. The van der Waals surface area contributed by atoms with Gasteiger partial charge in [-0.3, -0.25) is 4.57 Å². The second kappa shape index (κ2) is 5.87. The number of aliphatic hydroxyl groups excluding tert-OH is 2. The Labute approximate surface area is 126 Å². The third kappa shape index (κ3) is 2.39. The van der Waals surface area contributed by atoms with Gasteiger partial charge in [0.05, 0.1) is 12.7 Å². The molecule has 1 aliphatic heterocycles. The molecule has 0 saturated carbocycles. The Kier molecular flexibility index (Phi) is 3.92. The Hall–Kier alpha value is -2.23. The minimum absolute atomic E-state index is 0.160. The number of nitrogens with two attached hydrogens (primary N) is 1. The van der Waals surface area contributed by atoms with Gasteiger partial charge in [-0.05, 0) is 0 Å². The molecule has 9 heteroatoms. The lowest BCUT2D eigenvalue weighted by molar-refractivity contribution is -0.0476. The van der Waals surface area contributed by atoms with Crippen LogP contribution in [-0.4, -0.2) is 55.1 Å². The fraction of sp³-hybridized carbons (Fsp3) is 0.462. The van der Waals surface area contributed by atoms with E-state index in [1.807, 2.05) is 0 Å². The maximum Gasteiger partial charge on any atom is 0.207 e. The largest absolute Gasteiger partial charge is 0.394 e. The number of hydrogen-bond donors (Lipinski definition) is 4. The summed E-state index contributed by atoms with van der Waals surface area (Å²) in [4.78, 5) is 12.5. The van der Waals surface area contributed by atoms with Gasteiger partial charge in [0, 0.05) is 13.0 Å². The summed E-state index contributed by atoms with van der Waals surface area (Å²) in [6, 6.07) is 0. The molecular formula is C13H18N6O3. The van der Waals surface area contributed by atoms with Crippen LogP contribution in [0.15, 0.2) is 19.0 Å². The van der Waals surface area contributed by atoms with Crippen molar-refractivity contribution < 1.29 is 14.9 Å². The number of nitrogens with zero attached hydrogens (tertiary/aromatic N) is 4. The van der Waals surface area contributed by atoms with Crippen LogP contribution >= 0.6 is 0 Å². The molecule has 0 bridgehead atoms. The molecule has 3 atom stereocenters. The molecule has 3 rings (SSSR count). The topological polar surface area (TPSA) is 131 Å². The minimum atomic E-state index is -0.782. The molecular weight excluding hydrogens is 288 g/mol. The lowest BCUT2D eigenvalue weighted by Gasteiger charge is -2.19. The highest BCUT2D eigenvalue weighted by molar-refractivity contribution is 5.84. The number of rotatable bonds is 5. The van der Waals surface area contributed by atoms with E-state index in [9.17, 15) is 10.2 Å². The standard InChI is InChI=1S/C13H18N6O3/c1-2-3-15-13-18-9-10(14)16-6-17-11(9)19(13)12-8(21)4-7(5-20)22-12/h2,6-8,12,20-21H,1,3-5H2,(H,15,18)(H2,14,16,17)/t7-,8+,12+/m0/s1. The van der Waals surface area contributed by atoms with Crippen LogP contribution in [0.25, 0.3) is 11.2 Å². The summed E-state index contributed by atoms with van der Waals surface area (Å²) in [6.45, 7) is 3.96. The van der Waals surface area contributed by atoms with Crippen molar-refractivity contribution >= 4 is 22.9 Å². The minimum Gasteiger partial charge on any atom is -0.394 e. The molecule has 118 valence electrons. The third-order valence-electron chi connectivity index (χ3n) is 3.53. The lowest BCUT2D eigenvalue weighted by atomic mass is 10.2. The van der Waals surface area contributed by atoms with Gasteiger partial charge in [-0.1, -0.05) is 6.08 Å². The molecule has 0 aliphatic carbocycles. The molecule has 3 heterocycles. The zero-order valence-corrected chi connectivity index (χ0v) is 11.9. The molecule has 9 nitrogen and oxygen atoms in total. The van der Waals surface area contributed by atoms with Crippen molar-refractivity contribution in [1.82, 2.24) is 19.5 Å². The number of hydrogen-bond acceptors (Lipinski definition) is 8. The van der Waals surface area contributed by atoms with E-state index in [4.69, 9.17) is 10.5 Å². The fourth-order valence-corrected chi connectivity index (χ4v) is 2.54. The first-order chi connectivity index (χ1) is 10.7. The van der Waals surface area contributed by atoms with E-state index in [1.165, 1.54) is 6.33 Å². The van der Waals surface area contributed by atoms with Crippen molar-refractivity contribution in [1.29, 1.82) is 0 Å². The molecule has 0 aromatic carbocycles. The molecule has 0 radical (unpaired) electrons. The zero-order chi connectivity index (χ0) is 15.7. The highest BCUT2D eigenvalue weighted by Crippen LogP contribution is 2.34. The maximum absolute atomic E-state index is 10.2. The van der Waals surface area contributed by atoms with Crippen molar-refractivity contribution in [3.05, 3.63) is 19.0 Å². The highest BCUT2D eigenvalue weighted by atomic mass is 16.5. The fourth-order valence-electron chi connectivity index (χ4n) is 2.54. The smallest absolute Gasteiger partial charge is 0.207 e. The summed E-state index contributed by atoms with van der Waals surface area (Å²) in [7, 11) is 0. The number of fused-ring (bicyclic) bond motifs is 1. The normalized spacial score (nSPS) is 24.7. The Morgan fingerprint density at radius 3 is 3.05 bits per heavy atom. The molecule has 1 fully saturated rings. The number of nitrogens with one attached hydrogen (secondary N) is 1. The van der Waals surface area contributed by atoms with Gasteiger partial charge in [-0.25, -0.2) is 15.0 Å². The Bertz CT molecular complexity index is 688. The van der Waals surface area contributed by atoms with Gasteiger partial charge in [-0.2, -0.15) is 0 Å². The average molecular weight is 306 g/mol. The number of imidazole rings is 1. The summed E-state index contributed by atoms with van der Waals surface area (Å²) in [5, 5.41) is 22.5. The van der Waals surface area contributed by atoms with E-state index < -0.39 is 18.4 Å². The first-order valence-electron chi connectivity index (χ1n) is 6.93. The predicted octanol–water partition coefficient (Wildman–Crippen LogP) is -0.353. The number of aromatic nitrogens is 4. The van der Waals surface area contributed by atoms with Gasteiger partial charge in [0.15, 0.2) is 23.2 Å². The number of ether oxygens (including phenoxy) is 1. The van der Waals surface area contributed by atoms with E-state index in [2.05, 4.69) is 26.8 Å². The van der Waals surface area contributed by atoms with Gasteiger partial charge >= 0.3 is 0 Å². The van der Waals surface area contributed by atoms with E-state index in [0.717, 1.165) is 0 Å². The summed E-state index contributed by atoms with van der Waals surface area (Å²) < 4.78 is 7.33. The van der Waals surface area contributed by atoms with Gasteiger partial charge < -0.3 is 26.0 Å². The van der Waals surface area contributed by atoms with Crippen molar-refractivity contribution in [3.63, 3.8) is 0 Å². The van der Waals surface area contributed by atoms with Crippen LogP contribution in [0.5, 0.6) is 0 Å². The second-order valence-electron chi connectivity index (χ2n) is 5.04. The number of nitrogen functional groups attached to an aromatic ring is 1. The Balaban J connectivity index is 2.09. The summed E-state index contributed by atoms with van der Waals surface area (Å²) >= 11 is 0. The Morgan fingerprint density at radius 2 is 2.36 bits per heavy atom. The Morgan fingerprint density at radius 1 is 1.55 bits per heavy atom. The van der Waals surface area contributed by atoms with Crippen LogP contribution in [0.2, 0.25) is 0 Å². The predicted molar refractivity (Wildman–Crippen MR) is 80.0 cm³/mol. The SMILES string of the molecule is C=CCNc1nc2c(N)ncnc2n1[C@@H]1O[C@H](CO)C[C@H]1O. The van der Waals surface area contributed by atoms with Crippen LogP contribution in [0.1, 0.15) is 12.6 Å². The molecule has 2 aromatic heterocycles. The summed E-state index contributed by atoms with van der Waals surface area (Å²) in [5.41, 5.74) is 6.72. The summed E-state index contributed by atoms with van der Waals surface area (Å²) in [5.74, 6) is 0.696. The van der Waals surface area contributed by atoms with Crippen molar-refractivity contribution in [3.8, 4) is 0 Å². The van der Waals surface area contributed by atoms with Gasteiger partial charge in [-0.15, -0.1) is 6.58 Å². The van der Waals surface area contributed by atoms with Crippen molar-refractivity contribution in [2.75, 3.05) is 24.2 Å². The molecule has 22 heavy (non-hydrogen) atoms. The van der Waals surface area contributed by atoms with Crippen molar-refractivity contribution in [2.24, 2.45) is 0 Å². The first-order valence-corrected chi connectivity index (χ1v) is 6.93. The number of anilines is 2. The van der Waals surface area contributed by atoms with Crippen LogP contribution in [-0.2, 0) is 4.74 Å². The van der Waals surface area contributed by atoms with Crippen LogP contribution in [0.3, 0.4) is 0 Å². The first kappa shape index (κ1) is 14.7. The molecule has 0 spiro atoms. The molecule has 5 N–H and O–H groups in total. The highest BCUT2D eigenvalue weighted by Gasteiger charge is 2.37. The van der Waals surface area contributed by atoms with Gasteiger partial charge in [0.1, 0.15) is 12.4 Å². The van der Waals surface area contributed by atoms with Crippen LogP contribution in [0.4, 0.5) is 11.8 Å². The van der Waals surface area contributed by atoms with Crippen molar-refractivity contribution in [2.45, 2.75) is 24.9 Å². The lowest BCUT2D eigenvalue weighted by Crippen LogP contribution is -2.22. The monoisotopic (exact) mass is 306 g/mol. The van der Waals surface area contributed by atoms with Crippen LogP contribution in [0, 0.1) is 0 Å². The molecule has 0 unspecified atom stereocenters. The van der Waals surface area contributed by atoms with E-state index in [1.54, 1.807) is 10.6 Å². The molecule has 1 aliphatic rings. The maximum atomic E-state index is 10.2. The van der Waals surface area contributed by atoms with Crippen LogP contribution < -0.4 is 11.1 Å². The van der Waals surface area contributed by atoms with E-state index in [0.29, 0.717) is 30.1 Å². The van der Waals surface area contributed by atoms with Gasteiger partial charge in [0.2, 0.25) is 5.95 Å². The quantitative estimate of drug-likeness (QED) is 0.551. The third-order valence-corrected chi connectivity index (χ3v) is 3.53. The molecule has 0 amide bonds. The molecule has 1 saturated heterocycles. The van der Waals surface area contributed by atoms with E-state index >= 15 is 0 Å². The average Bonchev–Trinajstić information content (AvgIpc) is 3.06. The summed E-state index contributed by atoms with van der Waals surface area (Å²) in [6.07, 6.45) is 1.43. The van der Waals surface area contributed by atoms with Gasteiger partial charge in [0.25, 0.3) is 0 Å². The second-order valence-corrected chi connectivity index (χ2v) is 5.04. The molecule has 2 aromatic rings.